The molecule has 2 aromatic heterocycles. The minimum atomic E-state index is -4.75. The zero-order chi connectivity index (χ0) is 24.9. The number of carbonyl (C=O) groups excluding carboxylic acids is 1. The molecular weight excluding hydrogens is 469 g/mol. The van der Waals surface area contributed by atoms with Crippen LogP contribution in [0.5, 0.6) is 5.75 Å². The summed E-state index contributed by atoms with van der Waals surface area (Å²) in [6.45, 7) is 5.78. The quantitative estimate of drug-likeness (QED) is 0.447. The van der Waals surface area contributed by atoms with Gasteiger partial charge >= 0.3 is 6.36 Å². The number of aromatic nitrogens is 3. The van der Waals surface area contributed by atoms with E-state index in [4.69, 9.17) is 11.6 Å². The molecule has 1 amide bonds. The van der Waals surface area contributed by atoms with E-state index in [1.165, 1.54) is 24.3 Å². The number of hydrogen-bond acceptors (Lipinski definition) is 5. The number of halogens is 4. The van der Waals surface area contributed by atoms with Gasteiger partial charge in [0.2, 0.25) is 5.91 Å². The normalized spacial score (nSPS) is 12.5. The molecule has 0 fully saturated rings. The molecule has 1 unspecified atom stereocenters. The minimum Gasteiger partial charge on any atom is -0.406 e. The summed E-state index contributed by atoms with van der Waals surface area (Å²) in [5.74, 6) is -0.553. The molecular formula is C24H24ClF3N4O2. The van der Waals surface area contributed by atoms with Crippen LogP contribution in [0.3, 0.4) is 0 Å². The summed E-state index contributed by atoms with van der Waals surface area (Å²) in [6.07, 6.45) is -2.81. The van der Waals surface area contributed by atoms with Crippen molar-refractivity contribution in [2.24, 2.45) is 11.8 Å². The monoisotopic (exact) mass is 492 g/mol. The first-order valence-corrected chi connectivity index (χ1v) is 11.0. The number of aryl methyl sites for hydroxylation is 1. The molecule has 3 aromatic rings. The van der Waals surface area contributed by atoms with Gasteiger partial charge in [-0.15, -0.1) is 13.2 Å². The van der Waals surface area contributed by atoms with E-state index in [1.807, 2.05) is 19.9 Å². The fraction of sp³-hybridized carbons (Fsp3) is 0.333. The second kappa shape index (κ2) is 10.8. The number of carbonyl (C=O) groups is 1. The Labute approximate surface area is 200 Å². The van der Waals surface area contributed by atoms with E-state index in [1.54, 1.807) is 25.3 Å². The molecule has 1 N–H and O–H groups in total. The molecule has 34 heavy (non-hydrogen) atoms. The highest BCUT2D eigenvalue weighted by Crippen LogP contribution is 2.27. The van der Waals surface area contributed by atoms with Crippen molar-refractivity contribution in [3.05, 3.63) is 70.6 Å². The first-order chi connectivity index (χ1) is 16.0. The Balaban J connectivity index is 1.72. The Kier molecular flexibility index (Phi) is 8.09. The summed E-state index contributed by atoms with van der Waals surface area (Å²) in [7, 11) is 0. The van der Waals surface area contributed by atoms with Crippen LogP contribution in [0.25, 0.3) is 11.5 Å². The summed E-state index contributed by atoms with van der Waals surface area (Å²) >= 11 is 6.47. The van der Waals surface area contributed by atoms with Crippen molar-refractivity contribution in [1.29, 1.82) is 0 Å². The predicted molar refractivity (Wildman–Crippen MR) is 122 cm³/mol. The molecule has 0 saturated heterocycles. The first kappa shape index (κ1) is 25.4. The lowest BCUT2D eigenvalue weighted by atomic mass is 9.90. The SMILES string of the molecule is Cc1nc(-c2ccccn2)nc(CC(C(=O)NCc2ccc(OC(F)(F)F)cc2)C(C)C)c1Cl. The van der Waals surface area contributed by atoms with E-state index in [2.05, 4.69) is 25.0 Å². The van der Waals surface area contributed by atoms with Gasteiger partial charge in [0.1, 0.15) is 11.4 Å². The lowest BCUT2D eigenvalue weighted by Crippen LogP contribution is -2.34. The largest absolute Gasteiger partial charge is 0.573 e. The molecule has 0 spiro atoms. The summed E-state index contributed by atoms with van der Waals surface area (Å²) < 4.78 is 40.8. The second-order valence-corrected chi connectivity index (χ2v) is 8.45. The Bertz CT molecular complexity index is 1120. The zero-order valence-electron chi connectivity index (χ0n) is 18.9. The fourth-order valence-electron chi connectivity index (χ4n) is 3.33. The molecule has 3 rings (SSSR count). The molecule has 0 aliphatic carbocycles. The summed E-state index contributed by atoms with van der Waals surface area (Å²) in [4.78, 5) is 26.3. The van der Waals surface area contributed by atoms with Crippen molar-refractivity contribution in [3.8, 4) is 17.3 Å². The molecule has 6 nitrogen and oxygen atoms in total. The van der Waals surface area contributed by atoms with Crippen LogP contribution in [0.1, 0.15) is 30.8 Å². The van der Waals surface area contributed by atoms with Crippen molar-refractivity contribution in [2.75, 3.05) is 0 Å². The van der Waals surface area contributed by atoms with Gasteiger partial charge in [0, 0.05) is 25.1 Å². The summed E-state index contributed by atoms with van der Waals surface area (Å²) in [5.41, 5.74) is 2.39. The van der Waals surface area contributed by atoms with E-state index in [9.17, 15) is 18.0 Å². The maximum absolute atomic E-state index is 13.0. The van der Waals surface area contributed by atoms with E-state index >= 15 is 0 Å². The van der Waals surface area contributed by atoms with Crippen LogP contribution in [-0.4, -0.2) is 27.2 Å². The van der Waals surface area contributed by atoms with E-state index in [0.717, 1.165) is 0 Å². The highest BCUT2D eigenvalue weighted by Gasteiger charge is 2.31. The number of benzene rings is 1. The van der Waals surface area contributed by atoms with Crippen LogP contribution >= 0.6 is 11.6 Å². The van der Waals surface area contributed by atoms with Crippen LogP contribution < -0.4 is 10.1 Å². The van der Waals surface area contributed by atoms with Gasteiger partial charge in [-0.3, -0.25) is 9.78 Å². The summed E-state index contributed by atoms with van der Waals surface area (Å²) in [6, 6.07) is 10.8. The Morgan fingerprint density at radius 3 is 2.41 bits per heavy atom. The average molecular weight is 493 g/mol. The van der Waals surface area contributed by atoms with Gasteiger partial charge in [-0.2, -0.15) is 0 Å². The van der Waals surface area contributed by atoms with Gasteiger partial charge < -0.3 is 10.1 Å². The minimum absolute atomic E-state index is 0.0211. The highest BCUT2D eigenvalue weighted by atomic mass is 35.5. The molecule has 0 saturated carbocycles. The van der Waals surface area contributed by atoms with Crippen LogP contribution in [0.4, 0.5) is 13.2 Å². The first-order valence-electron chi connectivity index (χ1n) is 10.6. The molecule has 2 heterocycles. The van der Waals surface area contributed by atoms with Crippen molar-refractivity contribution < 1.29 is 22.7 Å². The number of pyridine rings is 1. The topological polar surface area (TPSA) is 77.0 Å². The number of hydrogen-bond donors (Lipinski definition) is 1. The third kappa shape index (κ3) is 6.90. The number of rotatable bonds is 8. The molecule has 0 aliphatic rings. The van der Waals surface area contributed by atoms with Crippen molar-refractivity contribution in [1.82, 2.24) is 20.3 Å². The smallest absolute Gasteiger partial charge is 0.406 e. The van der Waals surface area contributed by atoms with Gasteiger partial charge in [0.15, 0.2) is 5.82 Å². The predicted octanol–water partition coefficient (Wildman–Crippen LogP) is 5.53. The van der Waals surface area contributed by atoms with Crippen LogP contribution in [0.15, 0.2) is 48.7 Å². The Morgan fingerprint density at radius 1 is 1.12 bits per heavy atom. The average Bonchev–Trinajstić information content (AvgIpc) is 2.78. The number of alkyl halides is 3. The summed E-state index contributed by atoms with van der Waals surface area (Å²) in [5, 5.41) is 3.25. The van der Waals surface area contributed by atoms with Crippen molar-refractivity contribution >= 4 is 17.5 Å². The Morgan fingerprint density at radius 2 is 1.82 bits per heavy atom. The van der Waals surface area contributed by atoms with E-state index in [-0.39, 0.29) is 24.1 Å². The van der Waals surface area contributed by atoms with Gasteiger partial charge in [0.25, 0.3) is 0 Å². The third-order valence-corrected chi connectivity index (χ3v) is 5.65. The molecule has 0 bridgehead atoms. The van der Waals surface area contributed by atoms with Gasteiger partial charge in [0.05, 0.1) is 16.4 Å². The highest BCUT2D eigenvalue weighted by molar-refractivity contribution is 6.31. The number of ether oxygens (including phenoxy) is 1. The van der Waals surface area contributed by atoms with Crippen LogP contribution in [0.2, 0.25) is 5.02 Å². The standard InChI is InChI=1S/C24H24ClF3N4O2/c1-14(2)18(23(33)30-13-16-7-9-17(10-8-16)34-24(26,27)28)12-20-21(25)15(3)31-22(32-20)19-6-4-5-11-29-19/h4-11,14,18H,12-13H2,1-3H3,(H,30,33). The fourth-order valence-corrected chi connectivity index (χ4v) is 3.49. The van der Waals surface area contributed by atoms with Crippen molar-refractivity contribution in [3.63, 3.8) is 0 Å². The molecule has 1 atom stereocenters. The Hall–Kier alpha value is -3.20. The number of amides is 1. The second-order valence-electron chi connectivity index (χ2n) is 8.07. The lowest BCUT2D eigenvalue weighted by Gasteiger charge is -2.21. The van der Waals surface area contributed by atoms with Crippen molar-refractivity contribution in [2.45, 2.75) is 40.1 Å². The molecule has 0 aliphatic heterocycles. The molecule has 1 aromatic carbocycles. The molecule has 10 heteroatoms. The zero-order valence-corrected chi connectivity index (χ0v) is 19.6. The van der Waals surface area contributed by atoms with Gasteiger partial charge in [-0.25, -0.2) is 9.97 Å². The molecule has 0 radical (unpaired) electrons. The maximum atomic E-state index is 13.0. The number of nitrogens with zero attached hydrogens (tertiary/aromatic N) is 3. The van der Waals surface area contributed by atoms with Gasteiger partial charge in [-0.1, -0.05) is 43.6 Å². The lowest BCUT2D eigenvalue weighted by molar-refractivity contribution is -0.274. The third-order valence-electron chi connectivity index (χ3n) is 5.16. The van der Waals surface area contributed by atoms with Crippen LogP contribution in [-0.2, 0) is 17.8 Å². The van der Waals surface area contributed by atoms with E-state index < -0.39 is 12.3 Å². The molecule has 180 valence electrons. The number of nitrogens with one attached hydrogen (secondary N) is 1. The van der Waals surface area contributed by atoms with Gasteiger partial charge in [-0.05, 0) is 42.7 Å². The van der Waals surface area contributed by atoms with E-state index in [0.29, 0.717) is 39.9 Å². The van der Waals surface area contributed by atoms with Crippen LogP contribution in [0, 0.1) is 18.8 Å². The maximum Gasteiger partial charge on any atom is 0.573 e.